The maximum absolute atomic E-state index is 12.3. The molecule has 0 radical (unpaired) electrons. The predicted octanol–water partition coefficient (Wildman–Crippen LogP) is -0.992. The van der Waals surface area contributed by atoms with Crippen LogP contribution in [-0.4, -0.2) is 50.7 Å². The van der Waals surface area contributed by atoms with E-state index in [1.165, 1.54) is 0 Å². The fraction of sp³-hybridized carbons (Fsp3) is 0.900. The van der Waals surface area contributed by atoms with E-state index in [1.807, 2.05) is 0 Å². The number of nitrogens with zero attached hydrogens (tertiary/aromatic N) is 1. The standard InChI is InChI=1S/C10H19N3O5S2/c11-10(12-14)9(7-1-2-7)13-20(17,18)8-3-5-19(15,16)6-4-8/h7-9,13-14H,1-6H2,(H2,11,12). The number of sulfone groups is 1. The van der Waals surface area contributed by atoms with Gasteiger partial charge in [-0.2, -0.15) is 0 Å². The summed E-state index contributed by atoms with van der Waals surface area (Å²) < 4.78 is 49.6. The van der Waals surface area contributed by atoms with Crippen LogP contribution < -0.4 is 10.5 Å². The second-order valence-electron chi connectivity index (χ2n) is 5.35. The SMILES string of the molecule is NC(=NO)C(NS(=O)(=O)C1CCS(=O)(=O)CC1)C1CC1. The minimum Gasteiger partial charge on any atom is -0.409 e. The van der Waals surface area contributed by atoms with Crippen molar-refractivity contribution in [1.29, 1.82) is 0 Å². The van der Waals surface area contributed by atoms with Crippen LogP contribution in [0.2, 0.25) is 0 Å². The van der Waals surface area contributed by atoms with Gasteiger partial charge in [-0.3, -0.25) is 0 Å². The molecule has 1 unspecified atom stereocenters. The quantitative estimate of drug-likeness (QED) is 0.257. The molecule has 2 aliphatic rings. The van der Waals surface area contributed by atoms with Gasteiger partial charge in [-0.1, -0.05) is 5.16 Å². The van der Waals surface area contributed by atoms with Gasteiger partial charge >= 0.3 is 0 Å². The Morgan fingerprint density at radius 2 is 1.80 bits per heavy atom. The maximum atomic E-state index is 12.3. The van der Waals surface area contributed by atoms with Gasteiger partial charge in [-0.15, -0.1) is 0 Å². The molecule has 1 atom stereocenters. The van der Waals surface area contributed by atoms with E-state index in [4.69, 9.17) is 10.9 Å². The highest BCUT2D eigenvalue weighted by atomic mass is 32.2. The minimum absolute atomic E-state index is 0.0491. The molecule has 2 fully saturated rings. The lowest BCUT2D eigenvalue weighted by Crippen LogP contribution is -2.50. The summed E-state index contributed by atoms with van der Waals surface area (Å²) in [7, 11) is -6.79. The van der Waals surface area contributed by atoms with Gasteiger partial charge in [0.25, 0.3) is 0 Å². The lowest BCUT2D eigenvalue weighted by Gasteiger charge is -2.25. The summed E-state index contributed by atoms with van der Waals surface area (Å²) in [4.78, 5) is 0. The number of nitrogens with two attached hydrogens (primary N) is 1. The first-order valence-electron chi connectivity index (χ1n) is 6.44. The molecule has 0 amide bonds. The van der Waals surface area contributed by atoms with Crippen LogP contribution in [0.3, 0.4) is 0 Å². The van der Waals surface area contributed by atoms with E-state index in [2.05, 4.69) is 9.88 Å². The summed E-state index contributed by atoms with van der Waals surface area (Å²) in [5, 5.41) is 10.8. The van der Waals surface area contributed by atoms with E-state index in [9.17, 15) is 16.8 Å². The number of rotatable bonds is 5. The summed E-state index contributed by atoms with van der Waals surface area (Å²) in [6, 6.07) is -0.705. The molecule has 1 aliphatic heterocycles. The number of hydrogen-bond donors (Lipinski definition) is 3. The highest BCUT2D eigenvalue weighted by Gasteiger charge is 2.40. The van der Waals surface area contributed by atoms with Crippen LogP contribution in [0.25, 0.3) is 0 Å². The Kier molecular flexibility index (Phi) is 4.26. The topological polar surface area (TPSA) is 139 Å². The normalized spacial score (nSPS) is 26.3. The highest BCUT2D eigenvalue weighted by Crippen LogP contribution is 2.33. The lowest BCUT2D eigenvalue weighted by molar-refractivity contribution is 0.314. The average molecular weight is 325 g/mol. The van der Waals surface area contributed by atoms with Crippen molar-refractivity contribution in [3.8, 4) is 0 Å². The van der Waals surface area contributed by atoms with E-state index in [1.54, 1.807) is 0 Å². The van der Waals surface area contributed by atoms with Crippen molar-refractivity contribution in [2.75, 3.05) is 11.5 Å². The van der Waals surface area contributed by atoms with E-state index in [0.717, 1.165) is 12.8 Å². The fourth-order valence-electron chi connectivity index (χ4n) is 2.34. The van der Waals surface area contributed by atoms with E-state index < -0.39 is 31.2 Å². The van der Waals surface area contributed by atoms with Crippen molar-refractivity contribution >= 4 is 25.7 Å². The molecule has 1 aliphatic carbocycles. The van der Waals surface area contributed by atoms with Gasteiger partial charge in [0.2, 0.25) is 10.0 Å². The summed E-state index contributed by atoms with van der Waals surface area (Å²) in [5.41, 5.74) is 5.52. The van der Waals surface area contributed by atoms with Crippen LogP contribution in [0.15, 0.2) is 5.16 Å². The van der Waals surface area contributed by atoms with Gasteiger partial charge in [0.1, 0.15) is 9.84 Å². The number of amidine groups is 1. The molecule has 0 bridgehead atoms. The number of oxime groups is 1. The van der Waals surface area contributed by atoms with Crippen molar-refractivity contribution in [2.45, 2.75) is 37.0 Å². The summed E-state index contributed by atoms with van der Waals surface area (Å²) >= 11 is 0. The van der Waals surface area contributed by atoms with Gasteiger partial charge in [0.15, 0.2) is 5.84 Å². The molecule has 0 aromatic carbocycles. The van der Waals surface area contributed by atoms with Gasteiger partial charge in [0.05, 0.1) is 22.8 Å². The summed E-state index contributed by atoms with van der Waals surface area (Å²) in [5.74, 6) is -0.334. The van der Waals surface area contributed by atoms with Crippen molar-refractivity contribution in [1.82, 2.24) is 4.72 Å². The minimum atomic E-state index is -3.68. The molecule has 0 aromatic rings. The zero-order chi connectivity index (χ0) is 15.0. The molecule has 1 saturated heterocycles. The van der Waals surface area contributed by atoms with Gasteiger partial charge in [0, 0.05) is 0 Å². The van der Waals surface area contributed by atoms with Gasteiger partial charge in [-0.25, -0.2) is 21.6 Å². The van der Waals surface area contributed by atoms with Crippen LogP contribution in [0.4, 0.5) is 0 Å². The first kappa shape index (κ1) is 15.5. The second kappa shape index (κ2) is 5.49. The van der Waals surface area contributed by atoms with E-state index >= 15 is 0 Å². The van der Waals surface area contributed by atoms with Crippen molar-refractivity contribution in [2.24, 2.45) is 16.8 Å². The van der Waals surface area contributed by atoms with Crippen LogP contribution in [-0.2, 0) is 19.9 Å². The molecule has 4 N–H and O–H groups in total. The monoisotopic (exact) mass is 325 g/mol. The zero-order valence-corrected chi connectivity index (χ0v) is 12.5. The maximum Gasteiger partial charge on any atom is 0.215 e. The Hall–Kier alpha value is -0.870. The number of nitrogens with one attached hydrogen (secondary N) is 1. The Morgan fingerprint density at radius 3 is 2.25 bits per heavy atom. The molecule has 116 valence electrons. The van der Waals surface area contributed by atoms with Gasteiger partial charge < -0.3 is 10.9 Å². The van der Waals surface area contributed by atoms with Crippen LogP contribution in [0.1, 0.15) is 25.7 Å². The Bertz CT molecular complexity index is 580. The second-order valence-corrected chi connectivity index (χ2v) is 9.65. The molecule has 1 heterocycles. The molecule has 1 saturated carbocycles. The Morgan fingerprint density at radius 1 is 1.25 bits per heavy atom. The zero-order valence-electron chi connectivity index (χ0n) is 10.9. The fourth-order valence-corrected chi connectivity index (χ4v) is 5.85. The molecular formula is C10H19N3O5S2. The third-order valence-corrected chi connectivity index (χ3v) is 7.41. The first-order chi connectivity index (χ1) is 9.25. The van der Waals surface area contributed by atoms with Crippen LogP contribution in [0.5, 0.6) is 0 Å². The molecule has 8 nitrogen and oxygen atoms in total. The Balaban J connectivity index is 2.07. The van der Waals surface area contributed by atoms with Crippen molar-refractivity contribution in [3.05, 3.63) is 0 Å². The molecule has 0 spiro atoms. The van der Waals surface area contributed by atoms with E-state index in [0.29, 0.717) is 0 Å². The third-order valence-electron chi connectivity index (χ3n) is 3.76. The van der Waals surface area contributed by atoms with Crippen molar-refractivity contribution in [3.63, 3.8) is 0 Å². The van der Waals surface area contributed by atoms with Crippen LogP contribution >= 0.6 is 0 Å². The summed E-state index contributed by atoms with van der Waals surface area (Å²) in [6.07, 6.45) is 1.82. The molecule has 20 heavy (non-hydrogen) atoms. The molecule has 0 aromatic heterocycles. The molecule has 10 heteroatoms. The smallest absolute Gasteiger partial charge is 0.215 e. The predicted molar refractivity (Wildman–Crippen MR) is 73.7 cm³/mol. The van der Waals surface area contributed by atoms with Crippen molar-refractivity contribution < 1.29 is 22.0 Å². The average Bonchev–Trinajstić information content (AvgIpc) is 3.19. The third kappa shape index (κ3) is 3.61. The van der Waals surface area contributed by atoms with Crippen LogP contribution in [0, 0.1) is 5.92 Å². The number of hydrogen-bond acceptors (Lipinski definition) is 6. The Labute approximate surface area is 118 Å². The largest absolute Gasteiger partial charge is 0.409 e. The summed E-state index contributed by atoms with van der Waals surface area (Å²) in [6.45, 7) is 0. The first-order valence-corrected chi connectivity index (χ1v) is 9.81. The van der Waals surface area contributed by atoms with Gasteiger partial charge in [-0.05, 0) is 31.6 Å². The molecule has 2 rings (SSSR count). The lowest BCUT2D eigenvalue weighted by atomic mass is 10.2. The van der Waals surface area contributed by atoms with E-state index in [-0.39, 0.29) is 36.1 Å². The highest BCUT2D eigenvalue weighted by molar-refractivity contribution is 7.92. The number of sulfonamides is 1. The molecular weight excluding hydrogens is 306 g/mol.